The Kier molecular flexibility index (Phi) is 2.91. The van der Waals surface area contributed by atoms with Crippen molar-refractivity contribution in [1.82, 2.24) is 0 Å². The fraction of sp³-hybridized carbons (Fsp3) is 0.111. The minimum atomic E-state index is -0.814. The highest BCUT2D eigenvalue weighted by Crippen LogP contribution is 2.13. The van der Waals surface area contributed by atoms with Gasteiger partial charge in [-0.2, -0.15) is 0 Å². The van der Waals surface area contributed by atoms with E-state index in [2.05, 4.69) is 0 Å². The Hall–Kier alpha value is -1.78. The number of allylic oxidation sites excluding steroid dienone is 1. The van der Waals surface area contributed by atoms with Crippen molar-refractivity contribution >= 4 is 6.08 Å². The van der Waals surface area contributed by atoms with Crippen LogP contribution in [0, 0.1) is 21.7 Å². The third-order valence-electron chi connectivity index (χ3n) is 1.61. The number of nitro groups is 1. The van der Waals surface area contributed by atoms with Crippen molar-refractivity contribution in [3.63, 3.8) is 0 Å². The van der Waals surface area contributed by atoms with Gasteiger partial charge in [-0.1, -0.05) is 0 Å². The van der Waals surface area contributed by atoms with E-state index in [1.54, 1.807) is 0 Å². The van der Waals surface area contributed by atoms with Gasteiger partial charge in [0.15, 0.2) is 0 Å². The van der Waals surface area contributed by atoms with Crippen LogP contribution in [-0.4, -0.2) is 4.92 Å². The smallest absolute Gasteiger partial charge is 0.243 e. The molecule has 1 rings (SSSR count). The van der Waals surface area contributed by atoms with Gasteiger partial charge in [0.2, 0.25) is 5.70 Å². The van der Waals surface area contributed by atoms with Crippen LogP contribution in [0.1, 0.15) is 12.5 Å². The summed E-state index contributed by atoms with van der Waals surface area (Å²) in [5.74, 6) is -1.52. The highest BCUT2D eigenvalue weighted by Gasteiger charge is 2.06. The normalized spacial score (nSPS) is 11.5. The number of rotatable bonds is 2. The minimum absolute atomic E-state index is 0.000556. The van der Waals surface area contributed by atoms with Crippen LogP contribution in [0.4, 0.5) is 8.78 Å². The third kappa shape index (κ3) is 2.35. The number of halogens is 2. The van der Waals surface area contributed by atoms with Crippen LogP contribution in [0.3, 0.4) is 0 Å². The van der Waals surface area contributed by atoms with E-state index in [4.69, 9.17) is 0 Å². The van der Waals surface area contributed by atoms with E-state index >= 15 is 0 Å². The maximum Gasteiger partial charge on any atom is 0.243 e. The van der Waals surface area contributed by atoms with Crippen molar-refractivity contribution in [2.24, 2.45) is 0 Å². The second-order valence-corrected chi connectivity index (χ2v) is 2.71. The average molecular weight is 199 g/mol. The van der Waals surface area contributed by atoms with E-state index in [0.29, 0.717) is 6.07 Å². The van der Waals surface area contributed by atoms with Crippen molar-refractivity contribution in [1.29, 1.82) is 0 Å². The maximum atomic E-state index is 13.0. The molecule has 0 radical (unpaired) electrons. The van der Waals surface area contributed by atoms with Crippen molar-refractivity contribution in [2.45, 2.75) is 6.92 Å². The minimum Gasteiger partial charge on any atom is -0.259 e. The van der Waals surface area contributed by atoms with Crippen LogP contribution in [0.25, 0.3) is 6.08 Å². The summed E-state index contributed by atoms with van der Waals surface area (Å²) in [6.45, 7) is 1.24. The lowest BCUT2D eigenvalue weighted by Gasteiger charge is -1.96. The Morgan fingerprint density at radius 2 is 2.14 bits per heavy atom. The van der Waals surface area contributed by atoms with Gasteiger partial charge in [0.05, 0.1) is 4.92 Å². The fourth-order valence-electron chi connectivity index (χ4n) is 0.896. The molecule has 14 heavy (non-hydrogen) atoms. The number of hydrogen-bond acceptors (Lipinski definition) is 2. The monoisotopic (exact) mass is 199 g/mol. The predicted octanol–water partition coefficient (Wildman–Crippen LogP) is 2.60. The van der Waals surface area contributed by atoms with Crippen LogP contribution in [0.15, 0.2) is 23.9 Å². The SMILES string of the molecule is C/C(=C/c1ccc(F)cc1F)[N+](=O)[O-]. The fourth-order valence-corrected chi connectivity index (χ4v) is 0.896. The molecule has 0 heterocycles. The second kappa shape index (κ2) is 3.95. The molecule has 5 heteroatoms. The van der Waals surface area contributed by atoms with Crippen LogP contribution in [-0.2, 0) is 0 Å². The molecule has 1 aromatic rings. The molecule has 0 N–H and O–H groups in total. The standard InChI is InChI=1S/C9H7F2NO2/c1-6(12(13)14)4-7-2-3-8(10)5-9(7)11/h2-5H,1H3/b6-4-. The number of benzene rings is 1. The lowest BCUT2D eigenvalue weighted by molar-refractivity contribution is -0.422. The highest BCUT2D eigenvalue weighted by atomic mass is 19.1. The molecule has 1 aromatic carbocycles. The van der Waals surface area contributed by atoms with Gasteiger partial charge in [0, 0.05) is 24.6 Å². The second-order valence-electron chi connectivity index (χ2n) is 2.71. The first-order valence-electron chi connectivity index (χ1n) is 3.78. The molecule has 0 saturated carbocycles. The Labute approximate surface area is 78.8 Å². The zero-order valence-electron chi connectivity index (χ0n) is 7.33. The summed E-state index contributed by atoms with van der Waals surface area (Å²) in [5, 5.41) is 10.2. The van der Waals surface area contributed by atoms with Crippen molar-refractivity contribution in [2.75, 3.05) is 0 Å². The van der Waals surface area contributed by atoms with Crippen LogP contribution in [0.2, 0.25) is 0 Å². The highest BCUT2D eigenvalue weighted by molar-refractivity contribution is 5.51. The number of nitrogens with zero attached hydrogens (tertiary/aromatic N) is 1. The van der Waals surface area contributed by atoms with Crippen molar-refractivity contribution in [3.05, 3.63) is 51.2 Å². The van der Waals surface area contributed by atoms with Gasteiger partial charge in [0.25, 0.3) is 0 Å². The Morgan fingerprint density at radius 3 is 2.64 bits per heavy atom. The lowest BCUT2D eigenvalue weighted by atomic mass is 10.2. The summed E-state index contributed by atoms with van der Waals surface area (Å²) in [6.07, 6.45) is 1.05. The Bertz CT molecular complexity index is 402. The summed E-state index contributed by atoms with van der Waals surface area (Å²) in [7, 11) is 0. The average Bonchev–Trinajstić information content (AvgIpc) is 2.09. The lowest BCUT2D eigenvalue weighted by Crippen LogP contribution is -1.94. The summed E-state index contributed by atoms with van der Waals surface area (Å²) in [5.41, 5.74) is -0.198. The van der Waals surface area contributed by atoms with Gasteiger partial charge in [-0.05, 0) is 12.1 Å². The molecule has 0 saturated heterocycles. The van der Waals surface area contributed by atoms with Gasteiger partial charge in [0.1, 0.15) is 11.6 Å². The first kappa shape index (κ1) is 10.3. The molecule has 0 spiro atoms. The summed E-state index contributed by atoms with van der Waals surface area (Å²) >= 11 is 0. The topological polar surface area (TPSA) is 43.1 Å². The molecule has 0 aliphatic heterocycles. The summed E-state index contributed by atoms with van der Waals surface area (Å²) in [4.78, 5) is 9.59. The molecular weight excluding hydrogens is 192 g/mol. The first-order chi connectivity index (χ1) is 6.50. The zero-order chi connectivity index (χ0) is 10.7. The van der Waals surface area contributed by atoms with Crippen LogP contribution >= 0.6 is 0 Å². The molecule has 0 amide bonds. The third-order valence-corrected chi connectivity index (χ3v) is 1.61. The first-order valence-corrected chi connectivity index (χ1v) is 3.78. The molecule has 0 aromatic heterocycles. The molecule has 74 valence electrons. The zero-order valence-corrected chi connectivity index (χ0v) is 7.33. The molecule has 0 unspecified atom stereocenters. The molecule has 0 aliphatic carbocycles. The van der Waals surface area contributed by atoms with E-state index in [1.807, 2.05) is 0 Å². The molecule has 0 bridgehead atoms. The Balaban J connectivity index is 3.09. The molecule has 0 aliphatic rings. The van der Waals surface area contributed by atoms with Gasteiger partial charge in [-0.15, -0.1) is 0 Å². The van der Waals surface area contributed by atoms with Gasteiger partial charge in [-0.3, -0.25) is 10.1 Å². The van der Waals surface area contributed by atoms with Gasteiger partial charge >= 0.3 is 0 Å². The van der Waals surface area contributed by atoms with E-state index < -0.39 is 16.6 Å². The van der Waals surface area contributed by atoms with Gasteiger partial charge < -0.3 is 0 Å². The molecular formula is C9H7F2NO2. The number of hydrogen-bond donors (Lipinski definition) is 0. The van der Waals surface area contributed by atoms with Crippen LogP contribution in [0.5, 0.6) is 0 Å². The molecule has 3 nitrogen and oxygen atoms in total. The van der Waals surface area contributed by atoms with E-state index in [1.165, 1.54) is 6.92 Å². The molecule has 0 atom stereocenters. The van der Waals surface area contributed by atoms with Gasteiger partial charge in [-0.25, -0.2) is 8.78 Å². The summed E-state index contributed by atoms with van der Waals surface area (Å²) < 4.78 is 25.4. The maximum absolute atomic E-state index is 13.0. The van der Waals surface area contributed by atoms with E-state index in [9.17, 15) is 18.9 Å². The summed E-state index contributed by atoms with van der Waals surface area (Å²) in [6, 6.07) is 2.87. The largest absolute Gasteiger partial charge is 0.259 e. The molecule has 0 fully saturated rings. The van der Waals surface area contributed by atoms with Crippen LogP contribution < -0.4 is 0 Å². The van der Waals surface area contributed by atoms with E-state index in [-0.39, 0.29) is 11.3 Å². The van der Waals surface area contributed by atoms with Crippen molar-refractivity contribution in [3.8, 4) is 0 Å². The predicted molar refractivity (Wildman–Crippen MR) is 47.0 cm³/mol. The Morgan fingerprint density at radius 1 is 1.50 bits per heavy atom. The quantitative estimate of drug-likeness (QED) is 0.542. The van der Waals surface area contributed by atoms with Crippen molar-refractivity contribution < 1.29 is 13.7 Å². The van der Waals surface area contributed by atoms with E-state index in [0.717, 1.165) is 18.2 Å².